The van der Waals surface area contributed by atoms with Gasteiger partial charge in [-0.25, -0.2) is 13.2 Å². The smallest absolute Gasteiger partial charge is 0.207 e. The van der Waals surface area contributed by atoms with E-state index < -0.39 is 29.2 Å². The van der Waals surface area contributed by atoms with Crippen molar-refractivity contribution in [3.8, 4) is 0 Å². The summed E-state index contributed by atoms with van der Waals surface area (Å²) in [6, 6.07) is 5.56. The molecule has 2 aromatic rings. The van der Waals surface area contributed by atoms with Crippen LogP contribution in [0.5, 0.6) is 0 Å². The maximum absolute atomic E-state index is 14.4. The molecule has 0 radical (unpaired) electrons. The van der Waals surface area contributed by atoms with E-state index in [1.807, 2.05) is 0 Å². The molecule has 6 heteroatoms. The first-order chi connectivity index (χ1) is 14.2. The summed E-state index contributed by atoms with van der Waals surface area (Å²) in [7, 11) is 0. The molecular formula is C24H24F6. The number of rotatable bonds is 3. The Morgan fingerprint density at radius 2 is 1.70 bits per heavy atom. The van der Waals surface area contributed by atoms with Gasteiger partial charge in [-0.15, -0.1) is 0 Å². The Kier molecular flexibility index (Phi) is 5.62. The zero-order chi connectivity index (χ0) is 21.6. The van der Waals surface area contributed by atoms with E-state index >= 15 is 0 Å². The molecule has 162 valence electrons. The van der Waals surface area contributed by atoms with Crippen molar-refractivity contribution >= 4 is 0 Å². The van der Waals surface area contributed by atoms with Crippen molar-refractivity contribution in [1.29, 1.82) is 0 Å². The molecule has 0 N–H and O–H groups in total. The lowest BCUT2D eigenvalue weighted by Crippen LogP contribution is -2.35. The summed E-state index contributed by atoms with van der Waals surface area (Å²) in [4.78, 5) is 0. The first kappa shape index (κ1) is 21.3. The van der Waals surface area contributed by atoms with Crippen LogP contribution in [0, 0.1) is 29.3 Å². The van der Waals surface area contributed by atoms with Gasteiger partial charge in [-0.2, -0.15) is 13.2 Å². The quantitative estimate of drug-likeness (QED) is 0.440. The third-order valence-corrected chi connectivity index (χ3v) is 7.00. The lowest BCUT2D eigenvalue weighted by atomic mass is 9.57. The zero-order valence-electron chi connectivity index (χ0n) is 16.7. The van der Waals surface area contributed by atoms with Crippen LogP contribution in [-0.4, -0.2) is 0 Å². The van der Waals surface area contributed by atoms with Crippen LogP contribution in [-0.2, 0) is 12.6 Å². The van der Waals surface area contributed by atoms with Gasteiger partial charge < -0.3 is 0 Å². The van der Waals surface area contributed by atoms with Gasteiger partial charge in [0.05, 0.1) is 5.56 Å². The Balaban J connectivity index is 1.76. The molecule has 30 heavy (non-hydrogen) atoms. The SMILES string of the molecule is CCCC1CCC2c3cc(F)cc(F)c3CCC2C1c1ccc(C(F)(F)F)c(F)c1. The first-order valence-corrected chi connectivity index (χ1v) is 10.5. The number of benzene rings is 2. The highest BCUT2D eigenvalue weighted by molar-refractivity contribution is 5.38. The van der Waals surface area contributed by atoms with Gasteiger partial charge in [-0.05, 0) is 84.2 Å². The van der Waals surface area contributed by atoms with Crippen LogP contribution in [0.15, 0.2) is 30.3 Å². The number of hydrogen-bond acceptors (Lipinski definition) is 0. The fraction of sp³-hybridized carbons (Fsp3) is 0.500. The van der Waals surface area contributed by atoms with Gasteiger partial charge >= 0.3 is 6.18 Å². The topological polar surface area (TPSA) is 0 Å². The number of fused-ring (bicyclic) bond motifs is 3. The summed E-state index contributed by atoms with van der Waals surface area (Å²) in [6.45, 7) is 2.05. The maximum atomic E-state index is 14.4. The van der Waals surface area contributed by atoms with Crippen molar-refractivity contribution in [2.45, 2.75) is 63.5 Å². The molecule has 0 bridgehead atoms. The Hall–Kier alpha value is -1.98. The summed E-state index contributed by atoms with van der Waals surface area (Å²) in [5, 5.41) is 0. The molecule has 0 aliphatic heterocycles. The fourth-order valence-corrected chi connectivity index (χ4v) is 5.87. The molecule has 2 aliphatic rings. The molecule has 4 rings (SSSR count). The van der Waals surface area contributed by atoms with Crippen LogP contribution in [0.2, 0.25) is 0 Å². The van der Waals surface area contributed by atoms with Crippen LogP contribution >= 0.6 is 0 Å². The standard InChI is InChI=1S/C24H24F6/c1-2-3-13-4-6-16-18(8-7-17-19(16)11-15(25)12-21(17)26)23(13)14-5-9-20(22(27)10-14)24(28,29)30/h5,9-13,16,18,23H,2-4,6-8H2,1H3. The Morgan fingerprint density at radius 1 is 0.933 bits per heavy atom. The van der Waals surface area contributed by atoms with E-state index in [0.29, 0.717) is 29.5 Å². The molecule has 0 amide bonds. The second kappa shape index (κ2) is 7.93. The minimum absolute atomic E-state index is 0.0279. The molecule has 1 fully saturated rings. The molecule has 4 unspecified atom stereocenters. The summed E-state index contributed by atoms with van der Waals surface area (Å²) in [6.07, 6.45) is -0.221. The van der Waals surface area contributed by atoms with Crippen LogP contribution in [0.3, 0.4) is 0 Å². The van der Waals surface area contributed by atoms with E-state index in [4.69, 9.17) is 0 Å². The summed E-state index contributed by atoms with van der Waals surface area (Å²) >= 11 is 0. The summed E-state index contributed by atoms with van der Waals surface area (Å²) < 4.78 is 81.7. The molecule has 0 aromatic heterocycles. The van der Waals surface area contributed by atoms with Crippen molar-refractivity contribution in [2.24, 2.45) is 11.8 Å². The molecule has 2 aliphatic carbocycles. The lowest BCUT2D eigenvalue weighted by Gasteiger charge is -2.47. The average molecular weight is 426 g/mol. The second-order valence-corrected chi connectivity index (χ2v) is 8.65. The monoisotopic (exact) mass is 426 g/mol. The highest BCUT2D eigenvalue weighted by atomic mass is 19.4. The minimum Gasteiger partial charge on any atom is -0.207 e. The summed E-state index contributed by atoms with van der Waals surface area (Å²) in [5.41, 5.74) is 0.526. The van der Waals surface area contributed by atoms with Gasteiger partial charge in [0, 0.05) is 6.07 Å². The predicted octanol–water partition coefficient (Wildman–Crippen LogP) is 7.76. The Bertz CT molecular complexity index is 932. The third-order valence-electron chi connectivity index (χ3n) is 7.00. The minimum atomic E-state index is -4.74. The number of hydrogen-bond donors (Lipinski definition) is 0. The number of alkyl halides is 3. The van der Waals surface area contributed by atoms with Crippen LogP contribution in [0.1, 0.15) is 73.1 Å². The normalized spacial score (nSPS) is 26.2. The first-order valence-electron chi connectivity index (χ1n) is 10.5. The van der Waals surface area contributed by atoms with Crippen LogP contribution in [0.4, 0.5) is 26.3 Å². The summed E-state index contributed by atoms with van der Waals surface area (Å²) in [5.74, 6) is -2.35. The highest BCUT2D eigenvalue weighted by Crippen LogP contribution is 2.55. The third kappa shape index (κ3) is 3.74. The van der Waals surface area contributed by atoms with Gasteiger partial charge in [-0.3, -0.25) is 0 Å². The maximum Gasteiger partial charge on any atom is 0.419 e. The highest BCUT2D eigenvalue weighted by Gasteiger charge is 2.44. The molecule has 2 aromatic carbocycles. The van der Waals surface area contributed by atoms with Gasteiger partial charge in [0.15, 0.2) is 0 Å². The Morgan fingerprint density at radius 3 is 2.37 bits per heavy atom. The molecule has 4 atom stereocenters. The van der Waals surface area contributed by atoms with E-state index in [0.717, 1.165) is 43.9 Å². The predicted molar refractivity (Wildman–Crippen MR) is 103 cm³/mol. The fourth-order valence-electron chi connectivity index (χ4n) is 5.87. The van der Waals surface area contributed by atoms with E-state index in [-0.39, 0.29) is 23.7 Å². The second-order valence-electron chi connectivity index (χ2n) is 8.65. The molecular weight excluding hydrogens is 402 g/mol. The molecule has 0 nitrogen and oxygen atoms in total. The van der Waals surface area contributed by atoms with Crippen molar-refractivity contribution in [3.63, 3.8) is 0 Å². The van der Waals surface area contributed by atoms with E-state index in [1.54, 1.807) is 0 Å². The van der Waals surface area contributed by atoms with Crippen molar-refractivity contribution in [1.82, 2.24) is 0 Å². The van der Waals surface area contributed by atoms with E-state index in [9.17, 15) is 26.3 Å². The average Bonchev–Trinajstić information content (AvgIpc) is 2.66. The van der Waals surface area contributed by atoms with E-state index in [2.05, 4.69) is 6.92 Å². The van der Waals surface area contributed by atoms with Crippen molar-refractivity contribution in [2.75, 3.05) is 0 Å². The molecule has 1 saturated carbocycles. The Labute approximate surface area is 172 Å². The van der Waals surface area contributed by atoms with Gasteiger partial charge in [-0.1, -0.05) is 25.8 Å². The van der Waals surface area contributed by atoms with Gasteiger partial charge in [0.25, 0.3) is 0 Å². The van der Waals surface area contributed by atoms with E-state index in [1.165, 1.54) is 12.1 Å². The van der Waals surface area contributed by atoms with Crippen molar-refractivity contribution < 1.29 is 26.3 Å². The van der Waals surface area contributed by atoms with Gasteiger partial charge in [0.1, 0.15) is 17.5 Å². The largest absolute Gasteiger partial charge is 0.419 e. The molecule has 0 saturated heterocycles. The van der Waals surface area contributed by atoms with Crippen LogP contribution < -0.4 is 0 Å². The molecule has 0 heterocycles. The van der Waals surface area contributed by atoms with Crippen molar-refractivity contribution in [3.05, 3.63) is 70.0 Å². The molecule has 0 spiro atoms. The van der Waals surface area contributed by atoms with Crippen LogP contribution in [0.25, 0.3) is 0 Å². The van der Waals surface area contributed by atoms with Gasteiger partial charge in [0.2, 0.25) is 0 Å². The number of halogens is 6. The lowest BCUT2D eigenvalue weighted by molar-refractivity contribution is -0.140. The zero-order valence-corrected chi connectivity index (χ0v) is 16.7.